The normalized spacial score (nSPS) is 14.1. The molecule has 1 aromatic carbocycles. The molecule has 1 N–H and O–H groups in total. The zero-order valence-electron chi connectivity index (χ0n) is 17.4. The van der Waals surface area contributed by atoms with E-state index in [-0.39, 0.29) is 12.0 Å². The van der Waals surface area contributed by atoms with Gasteiger partial charge in [0.2, 0.25) is 0 Å². The molecule has 0 fully saturated rings. The molecule has 0 aliphatic rings. The van der Waals surface area contributed by atoms with Crippen LogP contribution in [0.1, 0.15) is 78.7 Å². The molecule has 0 spiro atoms. The molecule has 0 radical (unpaired) electrons. The Kier molecular flexibility index (Phi) is 9.88. The number of nitriles is 1. The molecule has 5 heteroatoms. The van der Waals surface area contributed by atoms with Crippen LogP contribution in [-0.2, 0) is 9.53 Å². The number of amides is 1. The summed E-state index contributed by atoms with van der Waals surface area (Å²) in [6.45, 7) is 10.5. The Morgan fingerprint density at radius 1 is 1.26 bits per heavy atom. The summed E-state index contributed by atoms with van der Waals surface area (Å²) in [5.41, 5.74) is -0.0274. The third-order valence-corrected chi connectivity index (χ3v) is 4.63. The fraction of sp³-hybridized carbons (Fsp3) is 0.636. The average Bonchev–Trinajstić information content (AvgIpc) is 2.67. The SMILES string of the molecule is CCCCC[C@](C)(OCCC)C(=O)Nc1ccc(O[C@H](C)CC)cc1C#N. The van der Waals surface area contributed by atoms with E-state index in [2.05, 4.69) is 18.3 Å². The molecular formula is C22H34N2O3. The van der Waals surface area contributed by atoms with E-state index < -0.39 is 5.60 Å². The maximum absolute atomic E-state index is 12.9. The van der Waals surface area contributed by atoms with Crippen LogP contribution in [0.3, 0.4) is 0 Å². The van der Waals surface area contributed by atoms with Crippen molar-refractivity contribution in [1.29, 1.82) is 5.26 Å². The number of anilines is 1. The van der Waals surface area contributed by atoms with Gasteiger partial charge in [-0.25, -0.2) is 0 Å². The number of hydrogen-bond acceptors (Lipinski definition) is 4. The highest BCUT2D eigenvalue weighted by atomic mass is 16.5. The first kappa shape index (κ1) is 23.0. The van der Waals surface area contributed by atoms with Crippen LogP contribution in [0.15, 0.2) is 18.2 Å². The fourth-order valence-corrected chi connectivity index (χ4v) is 2.66. The van der Waals surface area contributed by atoms with Crippen LogP contribution in [0.5, 0.6) is 5.75 Å². The molecule has 27 heavy (non-hydrogen) atoms. The quantitative estimate of drug-likeness (QED) is 0.495. The lowest BCUT2D eigenvalue weighted by molar-refractivity contribution is -0.140. The molecular weight excluding hydrogens is 340 g/mol. The summed E-state index contributed by atoms with van der Waals surface area (Å²) in [5.74, 6) is 0.422. The summed E-state index contributed by atoms with van der Waals surface area (Å²) in [7, 11) is 0. The third kappa shape index (κ3) is 7.22. The van der Waals surface area contributed by atoms with Crippen molar-refractivity contribution < 1.29 is 14.3 Å². The van der Waals surface area contributed by atoms with Gasteiger partial charge in [0.05, 0.1) is 17.4 Å². The number of nitrogens with one attached hydrogen (secondary N) is 1. The van der Waals surface area contributed by atoms with Gasteiger partial charge >= 0.3 is 0 Å². The largest absolute Gasteiger partial charge is 0.491 e. The van der Waals surface area contributed by atoms with Crippen molar-refractivity contribution in [2.75, 3.05) is 11.9 Å². The average molecular weight is 375 g/mol. The van der Waals surface area contributed by atoms with E-state index in [1.807, 2.05) is 27.7 Å². The number of benzene rings is 1. The van der Waals surface area contributed by atoms with E-state index in [1.165, 1.54) is 0 Å². The van der Waals surface area contributed by atoms with Gasteiger partial charge in [0.25, 0.3) is 5.91 Å². The van der Waals surface area contributed by atoms with Gasteiger partial charge < -0.3 is 14.8 Å². The molecule has 0 aliphatic carbocycles. The predicted octanol–water partition coefficient (Wildman–Crippen LogP) is 5.44. The minimum atomic E-state index is -0.899. The number of carbonyl (C=O) groups excluding carboxylic acids is 1. The summed E-state index contributed by atoms with van der Waals surface area (Å²) < 4.78 is 11.7. The Balaban J connectivity index is 2.94. The van der Waals surface area contributed by atoms with E-state index >= 15 is 0 Å². The summed E-state index contributed by atoms with van der Waals surface area (Å²) in [6.07, 6.45) is 5.53. The van der Waals surface area contributed by atoms with Crippen LogP contribution < -0.4 is 10.1 Å². The van der Waals surface area contributed by atoms with Crippen molar-refractivity contribution >= 4 is 11.6 Å². The molecule has 1 aromatic rings. The lowest BCUT2D eigenvalue weighted by Crippen LogP contribution is -2.43. The second kappa shape index (κ2) is 11.6. The van der Waals surface area contributed by atoms with Gasteiger partial charge in [-0.15, -0.1) is 0 Å². The van der Waals surface area contributed by atoms with Crippen molar-refractivity contribution in [3.63, 3.8) is 0 Å². The molecule has 0 saturated carbocycles. The molecule has 0 unspecified atom stereocenters. The van der Waals surface area contributed by atoms with Gasteiger partial charge in [-0.1, -0.05) is 40.0 Å². The summed E-state index contributed by atoms with van der Waals surface area (Å²) in [5, 5.41) is 12.4. The smallest absolute Gasteiger partial charge is 0.256 e. The summed E-state index contributed by atoms with van der Waals surface area (Å²) in [4.78, 5) is 12.9. The van der Waals surface area contributed by atoms with E-state index in [0.717, 1.165) is 32.1 Å². The molecule has 0 aromatic heterocycles. The molecule has 1 amide bonds. The van der Waals surface area contributed by atoms with Crippen LogP contribution in [0, 0.1) is 11.3 Å². The molecule has 0 bridgehead atoms. The first-order valence-electron chi connectivity index (χ1n) is 10.1. The van der Waals surface area contributed by atoms with Crippen LogP contribution in [-0.4, -0.2) is 24.2 Å². The van der Waals surface area contributed by atoms with Gasteiger partial charge in [-0.3, -0.25) is 4.79 Å². The van der Waals surface area contributed by atoms with Gasteiger partial charge in [0.1, 0.15) is 17.4 Å². The highest BCUT2D eigenvalue weighted by Crippen LogP contribution is 2.26. The maximum atomic E-state index is 12.9. The molecule has 0 aliphatic heterocycles. The molecule has 0 saturated heterocycles. The van der Waals surface area contributed by atoms with Gasteiger partial charge in [0, 0.05) is 12.7 Å². The summed E-state index contributed by atoms with van der Waals surface area (Å²) >= 11 is 0. The second-order valence-electron chi connectivity index (χ2n) is 7.15. The van der Waals surface area contributed by atoms with Crippen LogP contribution >= 0.6 is 0 Å². The minimum absolute atomic E-state index is 0.0706. The van der Waals surface area contributed by atoms with Crippen molar-refractivity contribution in [2.24, 2.45) is 0 Å². The number of unbranched alkanes of at least 4 members (excludes halogenated alkanes) is 2. The Hall–Kier alpha value is -2.06. The van der Waals surface area contributed by atoms with E-state index in [1.54, 1.807) is 18.2 Å². The Labute approximate surface area is 164 Å². The van der Waals surface area contributed by atoms with Crippen molar-refractivity contribution in [3.8, 4) is 11.8 Å². The lowest BCUT2D eigenvalue weighted by atomic mass is 9.96. The van der Waals surface area contributed by atoms with Crippen molar-refractivity contribution in [2.45, 2.75) is 84.8 Å². The van der Waals surface area contributed by atoms with E-state index in [4.69, 9.17) is 9.47 Å². The van der Waals surface area contributed by atoms with E-state index in [9.17, 15) is 10.1 Å². The Morgan fingerprint density at radius 3 is 2.59 bits per heavy atom. The lowest BCUT2D eigenvalue weighted by Gasteiger charge is -2.29. The number of nitrogens with zero attached hydrogens (tertiary/aromatic N) is 1. The number of carbonyl (C=O) groups is 1. The van der Waals surface area contributed by atoms with Gasteiger partial charge in [0.15, 0.2) is 0 Å². The molecule has 5 nitrogen and oxygen atoms in total. The zero-order chi connectivity index (χ0) is 20.3. The third-order valence-electron chi connectivity index (χ3n) is 4.63. The Bertz CT molecular complexity index is 639. The predicted molar refractivity (Wildman–Crippen MR) is 109 cm³/mol. The maximum Gasteiger partial charge on any atom is 0.256 e. The number of rotatable bonds is 12. The standard InChI is InChI=1S/C22H34N2O3/c1-6-9-10-13-22(5,26-14-7-2)21(25)24-20-12-11-19(15-18(20)16-23)27-17(4)8-3/h11-12,15,17H,6-10,13-14H2,1-5H3,(H,24,25)/t17-,22+/m1/s1. The van der Waals surface area contributed by atoms with Crippen LogP contribution in [0.4, 0.5) is 5.69 Å². The summed E-state index contributed by atoms with van der Waals surface area (Å²) in [6, 6.07) is 7.32. The monoisotopic (exact) mass is 374 g/mol. The van der Waals surface area contributed by atoms with Gasteiger partial charge in [-0.2, -0.15) is 5.26 Å². The highest BCUT2D eigenvalue weighted by Gasteiger charge is 2.34. The number of ether oxygens (including phenoxy) is 2. The molecule has 1 rings (SSSR count). The van der Waals surface area contributed by atoms with E-state index in [0.29, 0.717) is 30.0 Å². The first-order valence-corrected chi connectivity index (χ1v) is 10.1. The highest BCUT2D eigenvalue weighted by molar-refractivity contribution is 5.98. The van der Waals surface area contributed by atoms with Gasteiger partial charge in [-0.05, 0) is 45.2 Å². The topological polar surface area (TPSA) is 71.3 Å². The zero-order valence-corrected chi connectivity index (χ0v) is 17.4. The number of hydrogen-bond donors (Lipinski definition) is 1. The fourth-order valence-electron chi connectivity index (χ4n) is 2.66. The Morgan fingerprint density at radius 2 is 2.00 bits per heavy atom. The van der Waals surface area contributed by atoms with Crippen molar-refractivity contribution in [1.82, 2.24) is 0 Å². The second-order valence-corrected chi connectivity index (χ2v) is 7.15. The van der Waals surface area contributed by atoms with Crippen LogP contribution in [0.2, 0.25) is 0 Å². The molecule has 2 atom stereocenters. The molecule has 150 valence electrons. The minimum Gasteiger partial charge on any atom is -0.491 e. The van der Waals surface area contributed by atoms with Crippen LogP contribution in [0.25, 0.3) is 0 Å². The molecule has 0 heterocycles. The van der Waals surface area contributed by atoms with Crippen molar-refractivity contribution in [3.05, 3.63) is 23.8 Å². The first-order chi connectivity index (χ1) is 12.9.